The molecule has 33 heavy (non-hydrogen) atoms. The van der Waals surface area contributed by atoms with E-state index in [1.807, 2.05) is 6.92 Å². The lowest BCUT2D eigenvalue weighted by Crippen LogP contribution is -2.41. The predicted octanol–water partition coefficient (Wildman–Crippen LogP) is 1.85. The summed E-state index contributed by atoms with van der Waals surface area (Å²) in [6.07, 6.45) is -3.28. The van der Waals surface area contributed by atoms with Gasteiger partial charge >= 0.3 is 17.9 Å². The van der Waals surface area contributed by atoms with Gasteiger partial charge in [0.25, 0.3) is 5.56 Å². The summed E-state index contributed by atoms with van der Waals surface area (Å²) in [6.45, 7) is 5.14. The predicted molar refractivity (Wildman–Crippen MR) is 114 cm³/mol. The second-order valence-electron chi connectivity index (χ2n) is 7.67. The average Bonchev–Trinajstić information content (AvgIpc) is 3.04. The van der Waals surface area contributed by atoms with Gasteiger partial charge in [-0.15, -0.1) is 0 Å². The summed E-state index contributed by atoms with van der Waals surface area (Å²) >= 11 is 0. The smallest absolute Gasteiger partial charge is 0.303 e. The van der Waals surface area contributed by atoms with Crippen LogP contribution in [0.4, 0.5) is 0 Å². The van der Waals surface area contributed by atoms with Crippen LogP contribution < -0.4 is 5.56 Å². The van der Waals surface area contributed by atoms with Gasteiger partial charge in [0, 0.05) is 27.0 Å². The maximum absolute atomic E-state index is 13.4. The Morgan fingerprint density at radius 3 is 2.15 bits per heavy atom. The monoisotopic (exact) mass is 459 g/mol. The molecule has 1 aromatic heterocycles. The Labute approximate surface area is 189 Å². The first kappa shape index (κ1) is 24.0. The van der Waals surface area contributed by atoms with Crippen molar-refractivity contribution >= 4 is 17.9 Å². The van der Waals surface area contributed by atoms with Crippen molar-refractivity contribution in [3.8, 4) is 16.9 Å². The van der Waals surface area contributed by atoms with E-state index in [4.69, 9.17) is 18.9 Å². The van der Waals surface area contributed by atoms with Crippen molar-refractivity contribution < 1.29 is 38.4 Å². The molecule has 2 heterocycles. The van der Waals surface area contributed by atoms with Gasteiger partial charge in [0.2, 0.25) is 0 Å². The summed E-state index contributed by atoms with van der Waals surface area (Å²) < 4.78 is 22.7. The van der Waals surface area contributed by atoms with Crippen LogP contribution in [-0.4, -0.2) is 52.5 Å². The largest absolute Gasteiger partial charge is 0.507 e. The lowest BCUT2D eigenvalue weighted by molar-refractivity contribution is -0.166. The minimum atomic E-state index is -1.21. The number of carbonyl (C=O) groups excluding carboxylic acids is 3. The Morgan fingerprint density at radius 2 is 1.58 bits per heavy atom. The van der Waals surface area contributed by atoms with Gasteiger partial charge < -0.3 is 24.1 Å². The van der Waals surface area contributed by atoms with Crippen molar-refractivity contribution in [1.29, 1.82) is 0 Å². The van der Waals surface area contributed by atoms with Crippen LogP contribution >= 0.6 is 0 Å². The molecule has 0 spiro atoms. The zero-order valence-corrected chi connectivity index (χ0v) is 18.6. The topological polar surface area (TPSA) is 130 Å². The molecule has 0 radical (unpaired) electrons. The van der Waals surface area contributed by atoms with Gasteiger partial charge in [-0.1, -0.05) is 29.8 Å². The molecule has 10 heteroatoms. The number of hydrogen-bond donors (Lipinski definition) is 1. The third-order valence-corrected chi connectivity index (χ3v) is 5.05. The Hall–Kier alpha value is -3.66. The lowest BCUT2D eigenvalue weighted by Gasteiger charge is -2.24. The minimum absolute atomic E-state index is 0.0233. The SMILES string of the molecule is CC(=O)OC[C@H]1O[C@@H](n2ccc(O)c(-c3ccc(C)cc3)c2=O)C(OC(C)=O)C1OC(C)=O. The first-order valence-corrected chi connectivity index (χ1v) is 10.2. The highest BCUT2D eigenvalue weighted by Crippen LogP contribution is 2.35. The van der Waals surface area contributed by atoms with Gasteiger partial charge in [0.05, 0.1) is 5.56 Å². The number of esters is 3. The molecule has 0 bridgehead atoms. The molecule has 1 saturated heterocycles. The zero-order chi connectivity index (χ0) is 24.3. The summed E-state index contributed by atoms with van der Waals surface area (Å²) in [4.78, 5) is 48.2. The summed E-state index contributed by atoms with van der Waals surface area (Å²) in [5, 5.41) is 10.4. The number of aromatic nitrogens is 1. The van der Waals surface area contributed by atoms with E-state index in [1.165, 1.54) is 33.0 Å². The summed E-state index contributed by atoms with van der Waals surface area (Å²) in [5.74, 6) is -2.19. The Kier molecular flexibility index (Phi) is 7.17. The van der Waals surface area contributed by atoms with E-state index in [0.29, 0.717) is 5.56 Å². The summed E-state index contributed by atoms with van der Waals surface area (Å²) in [5.41, 5.74) is 0.861. The molecule has 1 aliphatic heterocycles. The van der Waals surface area contributed by atoms with Crippen LogP contribution in [0.3, 0.4) is 0 Å². The number of aromatic hydroxyl groups is 1. The normalized spacial score (nSPS) is 21.9. The third-order valence-electron chi connectivity index (χ3n) is 5.05. The molecule has 2 unspecified atom stereocenters. The highest BCUT2D eigenvalue weighted by molar-refractivity contribution is 5.69. The van der Waals surface area contributed by atoms with Crippen LogP contribution in [0.5, 0.6) is 5.75 Å². The first-order chi connectivity index (χ1) is 15.6. The fourth-order valence-electron chi connectivity index (χ4n) is 3.65. The van der Waals surface area contributed by atoms with Crippen LogP contribution in [-0.2, 0) is 33.3 Å². The van der Waals surface area contributed by atoms with E-state index in [2.05, 4.69) is 0 Å². The Morgan fingerprint density at radius 1 is 0.970 bits per heavy atom. The number of aryl methyl sites for hydroxylation is 1. The molecular formula is C23H25NO9. The standard InChI is InChI=1S/C23H25NO9/c1-12-5-7-16(8-6-12)19-17(28)9-10-24(22(19)29)23-21(32-15(4)27)20(31-14(3)26)18(33-23)11-30-13(2)25/h5-10,18,20-21,23,28H,11H2,1-4H3/t18-,20?,21?,23-/m1/s1. The first-order valence-electron chi connectivity index (χ1n) is 10.2. The number of hydrogen-bond acceptors (Lipinski definition) is 9. The third kappa shape index (κ3) is 5.40. The molecule has 1 fully saturated rings. The maximum Gasteiger partial charge on any atom is 0.303 e. The van der Waals surface area contributed by atoms with Gasteiger partial charge in [-0.3, -0.25) is 23.7 Å². The van der Waals surface area contributed by atoms with Crippen LogP contribution in [0.15, 0.2) is 41.3 Å². The molecule has 1 aliphatic rings. The molecule has 2 aromatic rings. The van der Waals surface area contributed by atoms with Gasteiger partial charge in [0.1, 0.15) is 18.5 Å². The van der Waals surface area contributed by atoms with Crippen molar-refractivity contribution in [3.63, 3.8) is 0 Å². The van der Waals surface area contributed by atoms with Crippen LogP contribution in [0.1, 0.15) is 32.6 Å². The van der Waals surface area contributed by atoms with Crippen molar-refractivity contribution in [3.05, 3.63) is 52.4 Å². The van der Waals surface area contributed by atoms with Crippen LogP contribution in [0.2, 0.25) is 0 Å². The van der Waals surface area contributed by atoms with Crippen LogP contribution in [0, 0.1) is 6.92 Å². The van der Waals surface area contributed by atoms with Crippen molar-refractivity contribution in [1.82, 2.24) is 4.57 Å². The Balaban J connectivity index is 2.08. The van der Waals surface area contributed by atoms with E-state index < -0.39 is 48.0 Å². The number of ether oxygens (including phenoxy) is 4. The molecule has 3 rings (SSSR count). The number of carbonyl (C=O) groups is 3. The molecule has 4 atom stereocenters. The van der Waals surface area contributed by atoms with Crippen molar-refractivity contribution in [2.75, 3.05) is 6.61 Å². The van der Waals surface area contributed by atoms with E-state index in [1.54, 1.807) is 24.3 Å². The fourth-order valence-corrected chi connectivity index (χ4v) is 3.65. The van der Waals surface area contributed by atoms with E-state index in [9.17, 15) is 24.3 Å². The number of rotatable bonds is 6. The van der Waals surface area contributed by atoms with Gasteiger partial charge in [-0.25, -0.2) is 0 Å². The Bertz CT molecular complexity index is 1110. The molecule has 1 aromatic carbocycles. The molecule has 0 amide bonds. The average molecular weight is 459 g/mol. The molecule has 10 nitrogen and oxygen atoms in total. The second kappa shape index (κ2) is 9.86. The maximum atomic E-state index is 13.4. The molecule has 0 saturated carbocycles. The minimum Gasteiger partial charge on any atom is -0.507 e. The van der Waals surface area contributed by atoms with Gasteiger partial charge in [-0.2, -0.15) is 0 Å². The second-order valence-corrected chi connectivity index (χ2v) is 7.67. The number of pyridine rings is 1. The zero-order valence-electron chi connectivity index (χ0n) is 18.6. The highest BCUT2D eigenvalue weighted by atomic mass is 16.7. The summed E-state index contributed by atoms with van der Waals surface area (Å²) in [6, 6.07) is 8.29. The van der Waals surface area contributed by atoms with Crippen molar-refractivity contribution in [2.24, 2.45) is 0 Å². The molecule has 176 valence electrons. The van der Waals surface area contributed by atoms with Gasteiger partial charge in [-0.05, 0) is 18.6 Å². The quantitative estimate of drug-likeness (QED) is 0.508. The summed E-state index contributed by atoms with van der Waals surface area (Å²) in [7, 11) is 0. The fraction of sp³-hybridized carbons (Fsp3) is 0.391. The van der Waals surface area contributed by atoms with Crippen LogP contribution in [0.25, 0.3) is 11.1 Å². The van der Waals surface area contributed by atoms with E-state index >= 15 is 0 Å². The van der Waals surface area contributed by atoms with E-state index in [-0.39, 0.29) is 17.9 Å². The van der Waals surface area contributed by atoms with Crippen molar-refractivity contribution in [2.45, 2.75) is 52.2 Å². The molecule has 0 aliphatic carbocycles. The van der Waals surface area contributed by atoms with Gasteiger partial charge in [0.15, 0.2) is 18.4 Å². The molecular weight excluding hydrogens is 434 g/mol. The number of nitrogens with zero attached hydrogens (tertiary/aromatic N) is 1. The molecule has 1 N–H and O–H groups in total. The number of benzene rings is 1. The lowest BCUT2D eigenvalue weighted by atomic mass is 10.0. The van der Waals surface area contributed by atoms with E-state index in [0.717, 1.165) is 10.1 Å². The highest BCUT2D eigenvalue weighted by Gasteiger charge is 2.51.